The Bertz CT molecular complexity index is 698. The summed E-state index contributed by atoms with van der Waals surface area (Å²) >= 11 is 0. The minimum atomic E-state index is -0.0988. The summed E-state index contributed by atoms with van der Waals surface area (Å²) in [5.74, 6) is 0.796. The Morgan fingerprint density at radius 3 is 2.35 bits per heavy atom. The number of amides is 1. The lowest BCUT2D eigenvalue weighted by molar-refractivity contribution is -0.127. The predicted octanol–water partition coefficient (Wildman–Crippen LogP) is 1.87. The molecule has 0 aliphatic carbocycles. The van der Waals surface area contributed by atoms with Crippen LogP contribution in [0.25, 0.3) is 0 Å². The first kappa shape index (κ1) is 19.1. The van der Waals surface area contributed by atoms with Crippen molar-refractivity contribution in [2.75, 3.05) is 26.7 Å². The van der Waals surface area contributed by atoms with Gasteiger partial charge < -0.3 is 9.80 Å². The summed E-state index contributed by atoms with van der Waals surface area (Å²) in [5.41, 5.74) is 0.806. The molecule has 0 aromatic carbocycles. The molecule has 3 heterocycles. The molecule has 0 spiro atoms. The maximum atomic E-state index is 12.4. The molecular weight excluding hydrogens is 328 g/mol. The van der Waals surface area contributed by atoms with E-state index in [4.69, 9.17) is 0 Å². The zero-order valence-electron chi connectivity index (χ0n) is 16.6. The Labute approximate surface area is 156 Å². The van der Waals surface area contributed by atoms with E-state index in [9.17, 15) is 9.59 Å². The van der Waals surface area contributed by atoms with Gasteiger partial charge in [0.15, 0.2) is 0 Å². The molecular formula is C20H32N4O2. The van der Waals surface area contributed by atoms with Crippen LogP contribution in [-0.2, 0) is 16.8 Å². The highest BCUT2D eigenvalue weighted by molar-refractivity contribution is 5.78. The van der Waals surface area contributed by atoms with Gasteiger partial charge in [-0.2, -0.15) is 0 Å². The summed E-state index contributed by atoms with van der Waals surface area (Å²) in [7, 11) is 1.92. The molecule has 1 unspecified atom stereocenters. The highest BCUT2D eigenvalue weighted by Crippen LogP contribution is 2.23. The van der Waals surface area contributed by atoms with Crippen molar-refractivity contribution >= 4 is 5.91 Å². The van der Waals surface area contributed by atoms with Gasteiger partial charge in [-0.3, -0.25) is 14.2 Å². The van der Waals surface area contributed by atoms with Crippen molar-refractivity contribution in [2.45, 2.75) is 64.5 Å². The average molecular weight is 361 g/mol. The van der Waals surface area contributed by atoms with Crippen LogP contribution in [0.1, 0.15) is 52.1 Å². The van der Waals surface area contributed by atoms with Crippen molar-refractivity contribution in [3.8, 4) is 0 Å². The number of carbonyl (C=O) groups is 1. The first-order valence-electron chi connectivity index (χ1n) is 9.79. The molecule has 0 bridgehead atoms. The topological polar surface area (TPSA) is 58.4 Å². The van der Waals surface area contributed by atoms with Gasteiger partial charge in [0.1, 0.15) is 0 Å². The quantitative estimate of drug-likeness (QED) is 0.823. The number of piperidine rings is 1. The van der Waals surface area contributed by atoms with E-state index >= 15 is 0 Å². The number of aromatic nitrogens is 2. The lowest BCUT2D eigenvalue weighted by atomic mass is 9.92. The molecule has 0 saturated carbocycles. The van der Waals surface area contributed by atoms with E-state index in [2.05, 4.69) is 30.7 Å². The zero-order chi connectivity index (χ0) is 18.9. The molecule has 6 nitrogen and oxygen atoms in total. The molecule has 0 radical (unpaired) electrons. The minimum Gasteiger partial charge on any atom is -0.341 e. The number of hydrogen-bond donors (Lipinski definition) is 0. The van der Waals surface area contributed by atoms with Gasteiger partial charge in [-0.15, -0.1) is 0 Å². The van der Waals surface area contributed by atoms with Crippen LogP contribution < -0.4 is 5.56 Å². The maximum Gasteiger partial charge on any atom is 0.253 e. The smallest absolute Gasteiger partial charge is 0.253 e. The van der Waals surface area contributed by atoms with Crippen molar-refractivity contribution < 1.29 is 4.79 Å². The predicted molar refractivity (Wildman–Crippen MR) is 102 cm³/mol. The number of likely N-dealkylation sites (tertiary alicyclic amines) is 2. The van der Waals surface area contributed by atoms with Gasteiger partial charge in [-0.1, -0.05) is 20.8 Å². The molecule has 1 aromatic heterocycles. The Morgan fingerprint density at radius 2 is 1.81 bits per heavy atom. The summed E-state index contributed by atoms with van der Waals surface area (Å²) in [5, 5.41) is 0. The number of nitrogens with zero attached hydrogens (tertiary/aromatic N) is 4. The SMILES string of the molecule is CN1C(=O)CCC1CN1CCC(Cn2cnc(C(C)(C)C)cc2=O)CC1. The summed E-state index contributed by atoms with van der Waals surface area (Å²) in [6.45, 7) is 10.1. The molecule has 1 amide bonds. The lowest BCUT2D eigenvalue weighted by Gasteiger charge is -2.35. The molecule has 3 rings (SSSR count). The second-order valence-electron chi connectivity index (χ2n) is 8.96. The maximum absolute atomic E-state index is 12.4. The van der Waals surface area contributed by atoms with E-state index in [0.29, 0.717) is 18.4 Å². The average Bonchev–Trinajstić information content (AvgIpc) is 2.89. The summed E-state index contributed by atoms with van der Waals surface area (Å²) in [4.78, 5) is 32.9. The third-order valence-corrected chi connectivity index (χ3v) is 5.91. The normalized spacial score (nSPS) is 23.0. The molecule has 2 aliphatic heterocycles. The van der Waals surface area contributed by atoms with Crippen LogP contribution in [0.5, 0.6) is 0 Å². The Kier molecular flexibility index (Phi) is 5.51. The fourth-order valence-corrected chi connectivity index (χ4v) is 3.98. The fourth-order valence-electron chi connectivity index (χ4n) is 3.98. The second kappa shape index (κ2) is 7.51. The molecule has 144 valence electrons. The van der Waals surface area contributed by atoms with Crippen LogP contribution in [-0.4, -0.2) is 58.0 Å². The summed E-state index contributed by atoms with van der Waals surface area (Å²) in [6.07, 6.45) is 5.58. The number of likely N-dealkylation sites (N-methyl/N-ethyl adjacent to an activating group) is 1. The van der Waals surface area contributed by atoms with Crippen LogP contribution in [0.2, 0.25) is 0 Å². The van der Waals surface area contributed by atoms with Crippen LogP contribution >= 0.6 is 0 Å². The molecule has 2 saturated heterocycles. The van der Waals surface area contributed by atoms with Crippen molar-refractivity contribution in [1.82, 2.24) is 19.4 Å². The fraction of sp³-hybridized carbons (Fsp3) is 0.750. The molecule has 6 heteroatoms. The van der Waals surface area contributed by atoms with E-state index in [1.807, 2.05) is 11.9 Å². The van der Waals surface area contributed by atoms with E-state index in [0.717, 1.165) is 51.1 Å². The Balaban J connectivity index is 1.51. The van der Waals surface area contributed by atoms with Crippen molar-refractivity contribution in [3.05, 3.63) is 28.4 Å². The van der Waals surface area contributed by atoms with E-state index in [-0.39, 0.29) is 16.9 Å². The van der Waals surface area contributed by atoms with Crippen molar-refractivity contribution in [3.63, 3.8) is 0 Å². The summed E-state index contributed by atoms with van der Waals surface area (Å²) in [6, 6.07) is 2.05. The highest BCUT2D eigenvalue weighted by Gasteiger charge is 2.30. The van der Waals surface area contributed by atoms with Crippen LogP contribution in [0.3, 0.4) is 0 Å². The molecule has 2 aliphatic rings. The van der Waals surface area contributed by atoms with Gasteiger partial charge in [0, 0.05) is 44.1 Å². The third kappa shape index (κ3) is 4.34. The number of rotatable bonds is 4. The van der Waals surface area contributed by atoms with Gasteiger partial charge >= 0.3 is 0 Å². The third-order valence-electron chi connectivity index (χ3n) is 5.91. The standard InChI is InChI=1S/C20H32N4O2/c1-20(2,3)17-11-19(26)24(14-21-17)12-15-7-9-23(10-8-15)13-16-5-6-18(25)22(16)4/h11,14-16H,5-10,12-13H2,1-4H3. The van der Waals surface area contributed by atoms with Gasteiger partial charge in [-0.25, -0.2) is 4.98 Å². The van der Waals surface area contributed by atoms with Crippen LogP contribution in [0.4, 0.5) is 0 Å². The monoisotopic (exact) mass is 360 g/mol. The zero-order valence-corrected chi connectivity index (χ0v) is 16.6. The lowest BCUT2D eigenvalue weighted by Crippen LogP contribution is -2.44. The first-order valence-corrected chi connectivity index (χ1v) is 9.79. The van der Waals surface area contributed by atoms with Gasteiger partial charge in [0.05, 0.1) is 12.0 Å². The minimum absolute atomic E-state index is 0.0541. The van der Waals surface area contributed by atoms with Gasteiger partial charge in [-0.05, 0) is 38.3 Å². The molecule has 1 atom stereocenters. The Hall–Kier alpha value is -1.69. The van der Waals surface area contributed by atoms with Gasteiger partial charge in [0.2, 0.25) is 5.91 Å². The highest BCUT2D eigenvalue weighted by atomic mass is 16.2. The van der Waals surface area contributed by atoms with Crippen molar-refractivity contribution in [1.29, 1.82) is 0 Å². The molecule has 1 aromatic rings. The van der Waals surface area contributed by atoms with E-state index in [1.165, 1.54) is 0 Å². The van der Waals surface area contributed by atoms with Crippen LogP contribution in [0, 0.1) is 5.92 Å². The largest absolute Gasteiger partial charge is 0.341 e. The summed E-state index contributed by atoms with van der Waals surface area (Å²) < 4.78 is 1.76. The van der Waals surface area contributed by atoms with E-state index in [1.54, 1.807) is 17.0 Å². The Morgan fingerprint density at radius 1 is 1.12 bits per heavy atom. The number of hydrogen-bond acceptors (Lipinski definition) is 4. The number of carbonyl (C=O) groups excluding carboxylic acids is 1. The molecule has 2 fully saturated rings. The van der Waals surface area contributed by atoms with E-state index < -0.39 is 0 Å². The second-order valence-corrected chi connectivity index (χ2v) is 8.96. The van der Waals surface area contributed by atoms with Crippen LogP contribution in [0.15, 0.2) is 17.2 Å². The molecule has 26 heavy (non-hydrogen) atoms. The van der Waals surface area contributed by atoms with Crippen molar-refractivity contribution in [2.24, 2.45) is 5.92 Å². The first-order chi connectivity index (χ1) is 12.2. The molecule has 0 N–H and O–H groups in total. The van der Waals surface area contributed by atoms with Gasteiger partial charge in [0.25, 0.3) is 5.56 Å².